The van der Waals surface area contributed by atoms with Gasteiger partial charge in [0, 0.05) is 13.2 Å². The maximum atomic E-state index is 14.6. The van der Waals surface area contributed by atoms with Crippen molar-refractivity contribution in [2.24, 2.45) is 0 Å². The maximum Gasteiger partial charge on any atom is 0.258 e. The molecule has 1 aliphatic heterocycles. The third-order valence-corrected chi connectivity index (χ3v) is 7.99. The van der Waals surface area contributed by atoms with Crippen LogP contribution in [0.1, 0.15) is 29.0 Å². The van der Waals surface area contributed by atoms with Crippen LogP contribution in [0.15, 0.2) is 64.1 Å². The van der Waals surface area contributed by atoms with Gasteiger partial charge >= 0.3 is 0 Å². The number of rotatable bonds is 8. The molecule has 0 bridgehead atoms. The summed E-state index contributed by atoms with van der Waals surface area (Å²) in [5.41, 5.74) is -0.281. The Morgan fingerprint density at radius 1 is 1.18 bits per heavy atom. The summed E-state index contributed by atoms with van der Waals surface area (Å²) in [6, 6.07) is 11.0. The molecule has 1 saturated heterocycles. The summed E-state index contributed by atoms with van der Waals surface area (Å²) in [6.45, 7) is 0.624. The molecule has 1 atom stereocenters. The van der Waals surface area contributed by atoms with Gasteiger partial charge in [0.15, 0.2) is 0 Å². The molecule has 0 aliphatic carbocycles. The highest BCUT2D eigenvalue weighted by Crippen LogP contribution is 2.30. The molecule has 180 valence electrons. The number of furan rings is 1. The number of carbonyl (C=O) groups is 1. The van der Waals surface area contributed by atoms with Crippen molar-refractivity contribution in [3.8, 4) is 0 Å². The van der Waals surface area contributed by atoms with Crippen molar-refractivity contribution in [3.63, 3.8) is 0 Å². The van der Waals surface area contributed by atoms with Crippen LogP contribution in [0.2, 0.25) is 10.0 Å². The molecule has 1 aromatic heterocycles. The van der Waals surface area contributed by atoms with E-state index in [1.807, 2.05) is 0 Å². The van der Waals surface area contributed by atoms with Gasteiger partial charge in [0.2, 0.25) is 10.0 Å². The number of anilines is 1. The molecule has 2 heterocycles. The van der Waals surface area contributed by atoms with Crippen molar-refractivity contribution in [2.75, 3.05) is 18.5 Å². The SMILES string of the molecule is O=C(Nc1cccc(Cl)c1Cl)c1cc(S(=O)(=O)N(Cc2ccco2)CC2CCCO2)ccc1F. The number of benzene rings is 2. The highest BCUT2D eigenvalue weighted by molar-refractivity contribution is 7.89. The van der Waals surface area contributed by atoms with Crippen molar-refractivity contribution in [1.29, 1.82) is 0 Å². The largest absolute Gasteiger partial charge is 0.468 e. The average Bonchev–Trinajstić information content (AvgIpc) is 3.51. The van der Waals surface area contributed by atoms with E-state index < -0.39 is 27.3 Å². The number of carbonyl (C=O) groups excluding carboxylic acids is 1. The molecule has 1 unspecified atom stereocenters. The first-order valence-corrected chi connectivity index (χ1v) is 12.6. The normalized spacial score (nSPS) is 16.2. The minimum atomic E-state index is -4.13. The Morgan fingerprint density at radius 3 is 2.71 bits per heavy atom. The molecule has 1 fully saturated rings. The Hall–Kier alpha value is -2.43. The van der Waals surface area contributed by atoms with Gasteiger partial charge in [-0.1, -0.05) is 29.3 Å². The Morgan fingerprint density at radius 2 is 2.00 bits per heavy atom. The number of amides is 1. The van der Waals surface area contributed by atoms with Crippen molar-refractivity contribution in [2.45, 2.75) is 30.4 Å². The van der Waals surface area contributed by atoms with Crippen molar-refractivity contribution < 1.29 is 26.8 Å². The van der Waals surface area contributed by atoms with Crippen LogP contribution in [0.5, 0.6) is 0 Å². The molecule has 1 aliphatic rings. The molecule has 11 heteroatoms. The van der Waals surface area contributed by atoms with E-state index in [0.29, 0.717) is 12.4 Å². The minimum absolute atomic E-state index is 0.0355. The lowest BCUT2D eigenvalue weighted by atomic mass is 10.2. The lowest BCUT2D eigenvalue weighted by molar-refractivity contribution is 0.0914. The number of nitrogens with one attached hydrogen (secondary N) is 1. The summed E-state index contributed by atoms with van der Waals surface area (Å²) in [5, 5.41) is 2.77. The molecular formula is C23H21Cl2FN2O5S. The first kappa shape index (κ1) is 24.7. The fraction of sp³-hybridized carbons (Fsp3) is 0.261. The topological polar surface area (TPSA) is 88.9 Å². The monoisotopic (exact) mass is 526 g/mol. The number of nitrogens with zero attached hydrogens (tertiary/aromatic N) is 1. The van der Waals surface area contributed by atoms with Crippen LogP contribution in [0, 0.1) is 5.82 Å². The van der Waals surface area contributed by atoms with Crippen molar-refractivity contribution in [1.82, 2.24) is 4.31 Å². The Bertz CT molecular complexity index is 1280. The second kappa shape index (κ2) is 10.5. The third kappa shape index (κ3) is 5.45. The minimum Gasteiger partial charge on any atom is -0.468 e. The lowest BCUT2D eigenvalue weighted by Gasteiger charge is -2.24. The molecule has 34 heavy (non-hydrogen) atoms. The highest BCUT2D eigenvalue weighted by Gasteiger charge is 2.31. The summed E-state index contributed by atoms with van der Waals surface area (Å²) in [5.74, 6) is -1.31. The summed E-state index contributed by atoms with van der Waals surface area (Å²) in [7, 11) is -4.13. The standard InChI is InChI=1S/C23H21Cl2FN2O5S/c24-19-6-1-7-21(22(19)25)27-23(29)18-12-17(8-9-20(18)26)34(30,31)28(13-15-4-2-10-32-15)14-16-5-3-11-33-16/h1-2,4,6-10,12,16H,3,5,11,13-14H2,(H,27,29). The Kier molecular flexibility index (Phi) is 7.59. The van der Waals surface area contributed by atoms with E-state index in [1.165, 1.54) is 22.7 Å². The van der Waals surface area contributed by atoms with E-state index in [0.717, 1.165) is 31.0 Å². The number of halogens is 3. The van der Waals surface area contributed by atoms with E-state index in [1.54, 1.807) is 18.2 Å². The van der Waals surface area contributed by atoms with Crippen LogP contribution < -0.4 is 5.32 Å². The smallest absolute Gasteiger partial charge is 0.258 e. The van der Waals surface area contributed by atoms with Crippen LogP contribution in [0.25, 0.3) is 0 Å². The van der Waals surface area contributed by atoms with Gasteiger partial charge < -0.3 is 14.5 Å². The summed E-state index contributed by atoms with van der Waals surface area (Å²) >= 11 is 12.1. The summed E-state index contributed by atoms with van der Waals surface area (Å²) in [4.78, 5) is 12.6. The molecule has 0 saturated carbocycles. The van der Waals surface area contributed by atoms with Crippen LogP contribution in [-0.4, -0.2) is 37.9 Å². The zero-order valence-corrected chi connectivity index (χ0v) is 20.2. The van der Waals surface area contributed by atoms with Gasteiger partial charge in [-0.2, -0.15) is 4.31 Å². The van der Waals surface area contributed by atoms with E-state index in [4.69, 9.17) is 32.4 Å². The fourth-order valence-corrected chi connectivity index (χ4v) is 5.43. The molecule has 0 radical (unpaired) electrons. The number of hydrogen-bond acceptors (Lipinski definition) is 5. The maximum absolute atomic E-state index is 14.6. The Balaban J connectivity index is 1.64. The van der Waals surface area contributed by atoms with E-state index in [2.05, 4.69) is 5.32 Å². The predicted molar refractivity (Wildman–Crippen MR) is 126 cm³/mol. The third-order valence-electron chi connectivity index (χ3n) is 5.36. The van der Waals surface area contributed by atoms with Crippen molar-refractivity contribution >= 4 is 44.8 Å². The van der Waals surface area contributed by atoms with Gasteiger partial charge in [0.1, 0.15) is 11.6 Å². The van der Waals surface area contributed by atoms with Gasteiger partial charge in [0.05, 0.1) is 45.1 Å². The van der Waals surface area contributed by atoms with Crippen LogP contribution >= 0.6 is 23.2 Å². The molecule has 7 nitrogen and oxygen atoms in total. The van der Waals surface area contributed by atoms with Crippen LogP contribution in [0.4, 0.5) is 10.1 Å². The molecule has 1 amide bonds. The number of ether oxygens (including phenoxy) is 1. The molecule has 3 aromatic rings. The number of hydrogen-bond donors (Lipinski definition) is 1. The first-order chi connectivity index (χ1) is 16.3. The molecule has 0 spiro atoms. The zero-order chi connectivity index (χ0) is 24.3. The van der Waals surface area contributed by atoms with Crippen LogP contribution in [0.3, 0.4) is 0 Å². The zero-order valence-electron chi connectivity index (χ0n) is 17.8. The Labute approximate surface area is 206 Å². The summed E-state index contributed by atoms with van der Waals surface area (Å²) < 4.78 is 53.8. The average molecular weight is 527 g/mol. The molecule has 1 N–H and O–H groups in total. The molecule has 4 rings (SSSR count). The molecule has 2 aromatic carbocycles. The second-order valence-electron chi connectivity index (χ2n) is 7.71. The van der Waals surface area contributed by atoms with Gasteiger partial charge in [-0.15, -0.1) is 0 Å². The van der Waals surface area contributed by atoms with E-state index in [-0.39, 0.29) is 39.8 Å². The highest BCUT2D eigenvalue weighted by atomic mass is 35.5. The van der Waals surface area contributed by atoms with Gasteiger partial charge in [-0.3, -0.25) is 4.79 Å². The second-order valence-corrected chi connectivity index (χ2v) is 10.4. The van der Waals surface area contributed by atoms with Crippen LogP contribution in [-0.2, 0) is 21.3 Å². The molecular weight excluding hydrogens is 506 g/mol. The predicted octanol–water partition coefficient (Wildman–Crippen LogP) is 5.35. The lowest BCUT2D eigenvalue weighted by Crippen LogP contribution is -2.37. The number of sulfonamides is 1. The van der Waals surface area contributed by atoms with Gasteiger partial charge in [0.25, 0.3) is 5.91 Å². The van der Waals surface area contributed by atoms with E-state index in [9.17, 15) is 17.6 Å². The van der Waals surface area contributed by atoms with E-state index >= 15 is 0 Å². The van der Waals surface area contributed by atoms with Gasteiger partial charge in [-0.05, 0) is 55.3 Å². The fourth-order valence-electron chi connectivity index (χ4n) is 3.62. The summed E-state index contributed by atoms with van der Waals surface area (Å²) in [6.07, 6.45) is 2.75. The van der Waals surface area contributed by atoms with Crippen molar-refractivity contribution in [3.05, 3.63) is 82.0 Å². The van der Waals surface area contributed by atoms with Gasteiger partial charge in [-0.25, -0.2) is 12.8 Å². The first-order valence-electron chi connectivity index (χ1n) is 10.4. The quantitative estimate of drug-likeness (QED) is 0.427.